The third-order valence-electron chi connectivity index (χ3n) is 2.11. The van der Waals surface area contributed by atoms with Crippen molar-refractivity contribution in [2.75, 3.05) is 0 Å². The summed E-state index contributed by atoms with van der Waals surface area (Å²) in [5, 5.41) is 6.71. The minimum atomic E-state index is -0.891. The fourth-order valence-corrected chi connectivity index (χ4v) is 1.32. The standard InChI is InChI=1S/C11H7FN2O2/c12-9-4-2-1-3-7(9)5-8-6-10(15)11(16)14-13-8/h1-4,6H,5H2. The summed E-state index contributed by atoms with van der Waals surface area (Å²) in [4.78, 5) is 21.7. The molecule has 1 amide bonds. The Hall–Kier alpha value is -2.17. The summed E-state index contributed by atoms with van der Waals surface area (Å²) < 4.78 is 13.3. The van der Waals surface area contributed by atoms with E-state index in [0.29, 0.717) is 5.56 Å². The molecule has 16 heavy (non-hydrogen) atoms. The summed E-state index contributed by atoms with van der Waals surface area (Å²) in [7, 11) is 0. The second-order valence-electron chi connectivity index (χ2n) is 3.27. The summed E-state index contributed by atoms with van der Waals surface area (Å²) in [5.74, 6) is -1.98. The molecule has 1 aliphatic rings. The zero-order valence-electron chi connectivity index (χ0n) is 8.18. The Labute approximate surface area is 90.5 Å². The molecule has 1 aromatic carbocycles. The Bertz CT molecular complexity index is 520. The number of hydrogen-bond acceptors (Lipinski definition) is 3. The minimum absolute atomic E-state index is 0.148. The van der Waals surface area contributed by atoms with Crippen molar-refractivity contribution in [1.29, 1.82) is 0 Å². The number of amides is 1. The number of azo groups is 1. The third-order valence-corrected chi connectivity index (χ3v) is 2.11. The van der Waals surface area contributed by atoms with E-state index in [0.717, 1.165) is 6.08 Å². The number of halogens is 1. The van der Waals surface area contributed by atoms with Crippen LogP contribution in [0.4, 0.5) is 4.39 Å². The van der Waals surface area contributed by atoms with Gasteiger partial charge in [0.25, 0.3) is 0 Å². The maximum atomic E-state index is 13.3. The van der Waals surface area contributed by atoms with Crippen molar-refractivity contribution in [2.45, 2.75) is 6.42 Å². The van der Waals surface area contributed by atoms with Gasteiger partial charge in [0.2, 0.25) is 5.78 Å². The number of carbonyl (C=O) groups excluding carboxylic acids is 2. The smallest absolute Gasteiger partial charge is 0.284 e. The zero-order valence-corrected chi connectivity index (χ0v) is 8.18. The van der Waals surface area contributed by atoms with Gasteiger partial charge in [0.15, 0.2) is 0 Å². The first kappa shape index (κ1) is 10.4. The number of hydrogen-bond donors (Lipinski definition) is 0. The van der Waals surface area contributed by atoms with Crippen LogP contribution in [0.15, 0.2) is 46.3 Å². The molecule has 0 radical (unpaired) electrons. The fourth-order valence-electron chi connectivity index (χ4n) is 1.32. The maximum Gasteiger partial charge on any atom is 0.335 e. The lowest BCUT2D eigenvalue weighted by Gasteiger charge is -2.04. The SMILES string of the molecule is O=C1C=C(Cc2ccccc2F)N=NC1=O. The number of rotatable bonds is 2. The van der Waals surface area contributed by atoms with Crippen LogP contribution in [0.1, 0.15) is 5.56 Å². The zero-order chi connectivity index (χ0) is 11.5. The molecule has 0 fully saturated rings. The van der Waals surface area contributed by atoms with E-state index in [-0.39, 0.29) is 17.9 Å². The molecule has 1 heterocycles. The van der Waals surface area contributed by atoms with Gasteiger partial charge in [-0.3, -0.25) is 9.59 Å². The van der Waals surface area contributed by atoms with Crippen molar-refractivity contribution < 1.29 is 14.0 Å². The van der Waals surface area contributed by atoms with Crippen molar-refractivity contribution in [3.05, 3.63) is 47.4 Å². The quantitative estimate of drug-likeness (QED) is 0.711. The number of nitrogens with zero attached hydrogens (tertiary/aromatic N) is 2. The lowest BCUT2D eigenvalue weighted by atomic mass is 10.1. The molecule has 5 heteroatoms. The number of allylic oxidation sites excluding steroid dienone is 1. The fraction of sp³-hybridized carbons (Fsp3) is 0.0909. The Morgan fingerprint density at radius 1 is 1.12 bits per heavy atom. The van der Waals surface area contributed by atoms with Crippen LogP contribution >= 0.6 is 0 Å². The van der Waals surface area contributed by atoms with E-state index in [1.807, 2.05) is 0 Å². The molecule has 0 unspecified atom stereocenters. The second kappa shape index (κ2) is 4.14. The highest BCUT2D eigenvalue weighted by molar-refractivity contribution is 6.41. The summed E-state index contributed by atoms with van der Waals surface area (Å²) in [6.45, 7) is 0. The lowest BCUT2D eigenvalue weighted by molar-refractivity contribution is -0.133. The van der Waals surface area contributed by atoms with Crippen molar-refractivity contribution in [1.82, 2.24) is 0 Å². The minimum Gasteiger partial charge on any atom is -0.284 e. The molecular formula is C11H7FN2O2. The van der Waals surface area contributed by atoms with Gasteiger partial charge in [-0.15, -0.1) is 5.11 Å². The summed E-state index contributed by atoms with van der Waals surface area (Å²) in [6.07, 6.45) is 1.23. The van der Waals surface area contributed by atoms with Gasteiger partial charge in [-0.1, -0.05) is 18.2 Å². The second-order valence-corrected chi connectivity index (χ2v) is 3.27. The van der Waals surface area contributed by atoms with Crippen LogP contribution in [-0.2, 0) is 16.0 Å². The summed E-state index contributed by atoms with van der Waals surface area (Å²) >= 11 is 0. The van der Waals surface area contributed by atoms with Crippen LogP contribution in [0.5, 0.6) is 0 Å². The van der Waals surface area contributed by atoms with Gasteiger partial charge in [0.1, 0.15) is 5.82 Å². The molecule has 0 spiro atoms. The van der Waals surface area contributed by atoms with Crippen molar-refractivity contribution >= 4 is 11.7 Å². The van der Waals surface area contributed by atoms with Crippen LogP contribution in [0, 0.1) is 5.82 Å². The lowest BCUT2D eigenvalue weighted by Crippen LogP contribution is -2.12. The molecule has 0 saturated carbocycles. The van der Waals surface area contributed by atoms with Gasteiger partial charge in [0, 0.05) is 12.5 Å². The molecule has 0 aliphatic carbocycles. The van der Waals surface area contributed by atoms with Gasteiger partial charge in [0.05, 0.1) is 5.70 Å². The monoisotopic (exact) mass is 218 g/mol. The van der Waals surface area contributed by atoms with E-state index < -0.39 is 11.7 Å². The van der Waals surface area contributed by atoms with E-state index in [2.05, 4.69) is 10.2 Å². The third kappa shape index (κ3) is 2.08. The molecule has 0 aromatic heterocycles. The molecule has 80 valence electrons. The molecule has 0 saturated heterocycles. The normalized spacial score (nSPS) is 15.2. The maximum absolute atomic E-state index is 13.3. The first-order chi connectivity index (χ1) is 7.66. The first-order valence-electron chi connectivity index (χ1n) is 4.61. The van der Waals surface area contributed by atoms with Crippen molar-refractivity contribution in [3.8, 4) is 0 Å². The van der Waals surface area contributed by atoms with Gasteiger partial charge in [-0.25, -0.2) is 4.39 Å². The molecule has 0 atom stereocenters. The number of benzene rings is 1. The van der Waals surface area contributed by atoms with Crippen molar-refractivity contribution in [2.24, 2.45) is 10.2 Å². The Kier molecular flexibility index (Phi) is 2.68. The molecule has 1 aliphatic heterocycles. The summed E-state index contributed by atoms with van der Waals surface area (Å²) in [6, 6.07) is 6.17. The average Bonchev–Trinajstić information content (AvgIpc) is 2.27. The van der Waals surface area contributed by atoms with E-state index in [9.17, 15) is 14.0 Å². The van der Waals surface area contributed by atoms with Crippen LogP contribution in [-0.4, -0.2) is 11.7 Å². The van der Waals surface area contributed by atoms with Gasteiger partial charge in [-0.2, -0.15) is 5.11 Å². The molecule has 0 N–H and O–H groups in total. The molecule has 0 bridgehead atoms. The summed E-state index contributed by atoms with van der Waals surface area (Å²) in [5.41, 5.74) is 0.699. The Balaban J connectivity index is 2.21. The number of ketones is 1. The van der Waals surface area contributed by atoms with E-state index in [4.69, 9.17) is 0 Å². The molecule has 2 rings (SSSR count). The van der Waals surface area contributed by atoms with Crippen molar-refractivity contribution in [3.63, 3.8) is 0 Å². The first-order valence-corrected chi connectivity index (χ1v) is 4.61. The van der Waals surface area contributed by atoms with E-state index >= 15 is 0 Å². The van der Waals surface area contributed by atoms with E-state index in [1.54, 1.807) is 18.2 Å². The topological polar surface area (TPSA) is 58.9 Å². The van der Waals surface area contributed by atoms with Crippen LogP contribution < -0.4 is 0 Å². The highest BCUT2D eigenvalue weighted by Gasteiger charge is 2.17. The van der Waals surface area contributed by atoms with Gasteiger partial charge >= 0.3 is 5.91 Å². The van der Waals surface area contributed by atoms with Gasteiger partial charge < -0.3 is 0 Å². The predicted octanol–water partition coefficient (Wildman–Crippen LogP) is 1.81. The molecule has 1 aromatic rings. The van der Waals surface area contributed by atoms with Gasteiger partial charge in [-0.05, 0) is 11.6 Å². The largest absolute Gasteiger partial charge is 0.335 e. The molecule has 4 nitrogen and oxygen atoms in total. The average molecular weight is 218 g/mol. The van der Waals surface area contributed by atoms with Crippen LogP contribution in [0.3, 0.4) is 0 Å². The number of carbonyl (C=O) groups is 2. The van der Waals surface area contributed by atoms with Crippen LogP contribution in [0.25, 0.3) is 0 Å². The van der Waals surface area contributed by atoms with E-state index in [1.165, 1.54) is 6.07 Å². The molecular weight excluding hydrogens is 211 g/mol. The Morgan fingerprint density at radius 2 is 1.88 bits per heavy atom. The Morgan fingerprint density at radius 3 is 2.56 bits per heavy atom. The predicted molar refractivity (Wildman–Crippen MR) is 53.1 cm³/mol. The van der Waals surface area contributed by atoms with Crippen LogP contribution in [0.2, 0.25) is 0 Å². The highest BCUT2D eigenvalue weighted by Crippen LogP contribution is 2.15. The highest BCUT2D eigenvalue weighted by atomic mass is 19.1.